The smallest absolute Gasteiger partial charge is 0.223 e. The van der Waals surface area contributed by atoms with Crippen molar-refractivity contribution in [2.75, 3.05) is 13.2 Å². The van der Waals surface area contributed by atoms with Crippen molar-refractivity contribution in [1.82, 2.24) is 4.57 Å². The fourth-order valence-electron chi connectivity index (χ4n) is 0.933. The summed E-state index contributed by atoms with van der Waals surface area (Å²) in [6.07, 6.45) is 4.12. The van der Waals surface area contributed by atoms with E-state index in [9.17, 15) is 4.79 Å². The molecule has 1 heterocycles. The highest BCUT2D eigenvalue weighted by Crippen LogP contribution is 2.00. The zero-order chi connectivity index (χ0) is 9.68. The number of nitrogens with zero attached hydrogens (tertiary/aromatic N) is 1. The number of ether oxygens (including phenoxy) is 1. The zero-order valence-corrected chi connectivity index (χ0v) is 7.69. The van der Waals surface area contributed by atoms with Gasteiger partial charge in [0.25, 0.3) is 0 Å². The van der Waals surface area contributed by atoms with Crippen molar-refractivity contribution < 1.29 is 4.74 Å². The third kappa shape index (κ3) is 2.91. The summed E-state index contributed by atoms with van der Waals surface area (Å²) in [7, 11) is 1.84. The molecule has 0 aliphatic carbocycles. The molecule has 0 saturated heterocycles. The van der Waals surface area contributed by atoms with Gasteiger partial charge in [0.15, 0.2) is 5.75 Å². The van der Waals surface area contributed by atoms with Crippen LogP contribution < -0.4 is 15.9 Å². The summed E-state index contributed by atoms with van der Waals surface area (Å²) in [5, 5.41) is 0. The van der Waals surface area contributed by atoms with Gasteiger partial charge in [-0.05, 0) is 13.0 Å². The summed E-state index contributed by atoms with van der Waals surface area (Å²) in [4.78, 5) is 11.2. The molecule has 4 nitrogen and oxygen atoms in total. The third-order valence-electron chi connectivity index (χ3n) is 1.63. The Morgan fingerprint density at radius 1 is 1.62 bits per heavy atom. The molecule has 1 aromatic heterocycles. The molecule has 72 valence electrons. The molecule has 1 rings (SSSR count). The Bertz CT molecular complexity index is 320. The summed E-state index contributed by atoms with van der Waals surface area (Å²) in [6, 6.07) is 1.48. The second-order valence-corrected chi connectivity index (χ2v) is 2.83. The van der Waals surface area contributed by atoms with Crippen LogP contribution in [0.25, 0.3) is 0 Å². The normalized spacial score (nSPS) is 10.0. The van der Waals surface area contributed by atoms with E-state index in [1.807, 2.05) is 7.05 Å². The van der Waals surface area contributed by atoms with Crippen molar-refractivity contribution in [3.8, 4) is 5.75 Å². The van der Waals surface area contributed by atoms with Crippen LogP contribution in [0.5, 0.6) is 5.75 Å². The Morgan fingerprint density at radius 2 is 2.38 bits per heavy atom. The van der Waals surface area contributed by atoms with Gasteiger partial charge in [-0.15, -0.1) is 0 Å². The molecule has 4 heteroatoms. The fraction of sp³-hybridized carbons (Fsp3) is 0.444. The van der Waals surface area contributed by atoms with E-state index in [2.05, 4.69) is 0 Å². The average Bonchev–Trinajstić information content (AvgIpc) is 2.11. The Kier molecular flexibility index (Phi) is 3.52. The molecule has 13 heavy (non-hydrogen) atoms. The maximum absolute atomic E-state index is 11.2. The highest BCUT2D eigenvalue weighted by atomic mass is 16.5. The Morgan fingerprint density at radius 3 is 3.08 bits per heavy atom. The predicted molar refractivity (Wildman–Crippen MR) is 50.8 cm³/mol. The number of hydrogen-bond acceptors (Lipinski definition) is 3. The lowest BCUT2D eigenvalue weighted by Gasteiger charge is -2.05. The lowest BCUT2D eigenvalue weighted by atomic mass is 10.4. The van der Waals surface area contributed by atoms with Gasteiger partial charge in [0.1, 0.15) is 0 Å². The number of rotatable bonds is 4. The highest BCUT2D eigenvalue weighted by molar-refractivity contribution is 5.16. The Labute approximate surface area is 76.9 Å². The maximum atomic E-state index is 11.2. The van der Waals surface area contributed by atoms with Gasteiger partial charge in [0, 0.05) is 25.5 Å². The molecule has 0 radical (unpaired) electrons. The molecule has 0 saturated carbocycles. The molecule has 0 aromatic carbocycles. The van der Waals surface area contributed by atoms with Gasteiger partial charge in [-0.1, -0.05) is 0 Å². The van der Waals surface area contributed by atoms with Crippen LogP contribution in [0.1, 0.15) is 6.42 Å². The number of pyridine rings is 1. The quantitative estimate of drug-likeness (QED) is 0.672. The summed E-state index contributed by atoms with van der Waals surface area (Å²) >= 11 is 0. The predicted octanol–water partition coefficient (Wildman–Crippen LogP) is 0.113. The van der Waals surface area contributed by atoms with Crippen LogP contribution in [-0.4, -0.2) is 17.7 Å². The highest BCUT2D eigenvalue weighted by Gasteiger charge is 1.98. The van der Waals surface area contributed by atoms with Crippen molar-refractivity contribution >= 4 is 0 Å². The average molecular weight is 182 g/mol. The first kappa shape index (κ1) is 9.80. The van der Waals surface area contributed by atoms with Crippen LogP contribution >= 0.6 is 0 Å². The molecule has 0 unspecified atom stereocenters. The largest absolute Gasteiger partial charge is 0.488 e. The number of aryl methyl sites for hydroxylation is 1. The minimum absolute atomic E-state index is 0.0879. The molecule has 0 aliphatic heterocycles. The minimum Gasteiger partial charge on any atom is -0.488 e. The lowest BCUT2D eigenvalue weighted by Crippen LogP contribution is -2.12. The Hall–Kier alpha value is -1.29. The van der Waals surface area contributed by atoms with E-state index in [0.717, 1.165) is 6.42 Å². The first-order chi connectivity index (χ1) is 6.24. The summed E-state index contributed by atoms with van der Waals surface area (Å²) < 4.78 is 7.02. The molecule has 2 N–H and O–H groups in total. The first-order valence-electron chi connectivity index (χ1n) is 4.23. The molecule has 0 aliphatic rings. The van der Waals surface area contributed by atoms with Gasteiger partial charge in [0.05, 0.1) is 6.61 Å². The van der Waals surface area contributed by atoms with Gasteiger partial charge >= 0.3 is 0 Å². The van der Waals surface area contributed by atoms with E-state index in [4.69, 9.17) is 10.5 Å². The topological polar surface area (TPSA) is 57.2 Å². The van der Waals surface area contributed by atoms with E-state index in [1.54, 1.807) is 17.0 Å². The molecular weight excluding hydrogens is 168 g/mol. The van der Waals surface area contributed by atoms with Gasteiger partial charge in [-0.2, -0.15) is 0 Å². The van der Waals surface area contributed by atoms with Crippen molar-refractivity contribution in [2.45, 2.75) is 6.42 Å². The molecule has 0 spiro atoms. The van der Waals surface area contributed by atoms with Crippen LogP contribution in [0.4, 0.5) is 0 Å². The SMILES string of the molecule is Cn1ccc(=O)c(OCCCN)c1. The van der Waals surface area contributed by atoms with E-state index in [1.165, 1.54) is 6.07 Å². The zero-order valence-electron chi connectivity index (χ0n) is 7.69. The molecule has 0 amide bonds. The second kappa shape index (κ2) is 4.67. The van der Waals surface area contributed by atoms with E-state index in [0.29, 0.717) is 18.9 Å². The monoisotopic (exact) mass is 182 g/mol. The fourth-order valence-corrected chi connectivity index (χ4v) is 0.933. The lowest BCUT2D eigenvalue weighted by molar-refractivity contribution is 0.308. The number of aromatic nitrogens is 1. The van der Waals surface area contributed by atoms with Gasteiger partial charge in [0.2, 0.25) is 5.43 Å². The van der Waals surface area contributed by atoms with Crippen molar-refractivity contribution in [1.29, 1.82) is 0 Å². The van der Waals surface area contributed by atoms with Crippen LogP contribution in [0.3, 0.4) is 0 Å². The summed E-state index contributed by atoms with van der Waals surface area (Å²) in [5.41, 5.74) is 5.21. The minimum atomic E-state index is -0.0879. The molecule has 0 atom stereocenters. The van der Waals surface area contributed by atoms with Crippen LogP contribution in [0.2, 0.25) is 0 Å². The standard InChI is InChI=1S/C9H14N2O2/c1-11-5-3-8(12)9(7-11)13-6-2-4-10/h3,5,7H,2,4,6,10H2,1H3. The van der Waals surface area contributed by atoms with Crippen molar-refractivity contribution in [2.24, 2.45) is 12.8 Å². The number of hydrogen-bond donors (Lipinski definition) is 1. The van der Waals surface area contributed by atoms with Crippen LogP contribution in [-0.2, 0) is 7.05 Å². The number of nitrogens with two attached hydrogens (primary N) is 1. The Balaban J connectivity index is 2.65. The van der Waals surface area contributed by atoms with Crippen molar-refractivity contribution in [3.63, 3.8) is 0 Å². The molecule has 0 fully saturated rings. The van der Waals surface area contributed by atoms with Gasteiger partial charge in [-0.25, -0.2) is 0 Å². The van der Waals surface area contributed by atoms with Gasteiger partial charge < -0.3 is 15.0 Å². The van der Waals surface area contributed by atoms with Gasteiger partial charge in [-0.3, -0.25) is 4.79 Å². The summed E-state index contributed by atoms with van der Waals surface area (Å²) in [5.74, 6) is 0.387. The summed E-state index contributed by atoms with van der Waals surface area (Å²) in [6.45, 7) is 1.07. The third-order valence-corrected chi connectivity index (χ3v) is 1.63. The molecule has 1 aromatic rings. The first-order valence-corrected chi connectivity index (χ1v) is 4.23. The van der Waals surface area contributed by atoms with E-state index >= 15 is 0 Å². The van der Waals surface area contributed by atoms with E-state index in [-0.39, 0.29) is 5.43 Å². The van der Waals surface area contributed by atoms with Crippen LogP contribution in [0, 0.1) is 0 Å². The van der Waals surface area contributed by atoms with Crippen LogP contribution in [0.15, 0.2) is 23.3 Å². The maximum Gasteiger partial charge on any atom is 0.223 e. The molecular formula is C9H14N2O2. The van der Waals surface area contributed by atoms with E-state index < -0.39 is 0 Å². The van der Waals surface area contributed by atoms with Crippen molar-refractivity contribution in [3.05, 3.63) is 28.7 Å². The molecule has 0 bridgehead atoms. The second-order valence-electron chi connectivity index (χ2n) is 2.83.